The Morgan fingerprint density at radius 1 is 1.19 bits per heavy atom. The molecule has 1 aliphatic carbocycles. The first-order chi connectivity index (χ1) is 9.81. The van der Waals surface area contributed by atoms with Crippen LogP contribution in [-0.2, 0) is 13.0 Å². The predicted molar refractivity (Wildman–Crippen MR) is 92.7 cm³/mol. The zero-order valence-corrected chi connectivity index (χ0v) is 15.2. The molecule has 1 aromatic rings. The van der Waals surface area contributed by atoms with Gasteiger partial charge in [0.2, 0.25) is 0 Å². The minimum atomic E-state index is 0.457. The van der Waals surface area contributed by atoms with Gasteiger partial charge in [-0.15, -0.1) is 11.3 Å². The minimum Gasteiger partial charge on any atom is -0.326 e. The first-order valence-electron chi connectivity index (χ1n) is 8.49. The van der Waals surface area contributed by atoms with E-state index in [9.17, 15) is 0 Å². The van der Waals surface area contributed by atoms with Crippen molar-refractivity contribution in [3.63, 3.8) is 0 Å². The van der Waals surface area contributed by atoms with Crippen molar-refractivity contribution >= 4 is 11.3 Å². The van der Waals surface area contributed by atoms with Crippen LogP contribution in [0, 0.1) is 17.3 Å². The first kappa shape index (κ1) is 17.0. The summed E-state index contributed by atoms with van der Waals surface area (Å²) in [6.07, 6.45) is 6.39. The highest BCUT2D eigenvalue weighted by atomic mass is 32.1. The molecular formula is C18H32N2S. The molecule has 21 heavy (non-hydrogen) atoms. The van der Waals surface area contributed by atoms with Crippen molar-refractivity contribution in [1.82, 2.24) is 4.98 Å². The third kappa shape index (κ3) is 4.29. The Kier molecular flexibility index (Phi) is 5.48. The van der Waals surface area contributed by atoms with E-state index >= 15 is 0 Å². The molecule has 0 aliphatic heterocycles. The van der Waals surface area contributed by atoms with E-state index in [4.69, 9.17) is 10.7 Å². The standard InChI is InChI=1S/C18H32N2S/c1-12(2)10-15-16(11-19)21-17(20-15)13-6-8-14(9-7-13)18(3,4)5/h12-14H,6-11,19H2,1-5H3. The lowest BCUT2D eigenvalue weighted by atomic mass is 9.70. The Labute approximate surface area is 134 Å². The van der Waals surface area contributed by atoms with Gasteiger partial charge in [-0.1, -0.05) is 34.6 Å². The van der Waals surface area contributed by atoms with Crippen molar-refractivity contribution in [2.75, 3.05) is 0 Å². The van der Waals surface area contributed by atoms with Gasteiger partial charge in [-0.25, -0.2) is 4.98 Å². The summed E-state index contributed by atoms with van der Waals surface area (Å²) in [5.41, 5.74) is 7.65. The lowest BCUT2D eigenvalue weighted by molar-refractivity contribution is 0.169. The summed E-state index contributed by atoms with van der Waals surface area (Å²) in [5, 5.41) is 1.36. The fourth-order valence-electron chi connectivity index (χ4n) is 3.49. The molecule has 1 aromatic heterocycles. The smallest absolute Gasteiger partial charge is 0.0962 e. The van der Waals surface area contributed by atoms with Crippen LogP contribution < -0.4 is 5.73 Å². The Balaban J connectivity index is 2.05. The quantitative estimate of drug-likeness (QED) is 0.838. The van der Waals surface area contributed by atoms with E-state index in [1.54, 1.807) is 0 Å². The zero-order chi connectivity index (χ0) is 15.6. The van der Waals surface area contributed by atoms with Crippen molar-refractivity contribution in [3.8, 4) is 0 Å². The second-order valence-electron chi connectivity index (χ2n) is 8.14. The van der Waals surface area contributed by atoms with Gasteiger partial charge in [-0.2, -0.15) is 0 Å². The maximum atomic E-state index is 5.92. The second kappa shape index (κ2) is 6.78. The Morgan fingerprint density at radius 2 is 1.81 bits per heavy atom. The largest absolute Gasteiger partial charge is 0.326 e. The van der Waals surface area contributed by atoms with E-state index in [2.05, 4.69) is 34.6 Å². The lowest BCUT2D eigenvalue weighted by Crippen LogP contribution is -2.25. The van der Waals surface area contributed by atoms with Gasteiger partial charge >= 0.3 is 0 Å². The number of nitrogens with zero attached hydrogens (tertiary/aromatic N) is 1. The summed E-state index contributed by atoms with van der Waals surface area (Å²) in [6, 6.07) is 0. The van der Waals surface area contributed by atoms with Crippen molar-refractivity contribution in [3.05, 3.63) is 15.6 Å². The molecule has 0 saturated heterocycles. The highest BCUT2D eigenvalue weighted by molar-refractivity contribution is 7.11. The molecule has 1 fully saturated rings. The van der Waals surface area contributed by atoms with Crippen LogP contribution in [0.15, 0.2) is 0 Å². The number of hydrogen-bond donors (Lipinski definition) is 1. The van der Waals surface area contributed by atoms with Crippen LogP contribution in [0.3, 0.4) is 0 Å². The van der Waals surface area contributed by atoms with E-state index in [0.717, 1.165) is 12.3 Å². The van der Waals surface area contributed by atoms with Gasteiger partial charge < -0.3 is 5.73 Å². The molecular weight excluding hydrogens is 276 g/mol. The number of nitrogens with two attached hydrogens (primary N) is 1. The van der Waals surface area contributed by atoms with E-state index in [0.29, 0.717) is 23.8 Å². The summed E-state index contributed by atoms with van der Waals surface area (Å²) in [6.45, 7) is 12.3. The molecule has 1 saturated carbocycles. The summed E-state index contributed by atoms with van der Waals surface area (Å²) < 4.78 is 0. The average Bonchev–Trinajstić information content (AvgIpc) is 2.80. The average molecular weight is 309 g/mol. The molecule has 120 valence electrons. The molecule has 1 aliphatic rings. The van der Waals surface area contributed by atoms with Crippen molar-refractivity contribution in [2.24, 2.45) is 23.0 Å². The molecule has 3 heteroatoms. The number of rotatable bonds is 4. The molecule has 0 bridgehead atoms. The third-order valence-corrected chi connectivity index (χ3v) is 6.17. The monoisotopic (exact) mass is 308 g/mol. The molecule has 2 N–H and O–H groups in total. The normalized spacial score (nSPS) is 23.8. The fourth-order valence-corrected chi connectivity index (χ4v) is 4.63. The van der Waals surface area contributed by atoms with Gasteiger partial charge in [0, 0.05) is 17.3 Å². The van der Waals surface area contributed by atoms with Crippen molar-refractivity contribution in [1.29, 1.82) is 0 Å². The van der Waals surface area contributed by atoms with Crippen LogP contribution in [0.2, 0.25) is 0 Å². The number of hydrogen-bond acceptors (Lipinski definition) is 3. The van der Waals surface area contributed by atoms with Crippen LogP contribution in [0.1, 0.15) is 81.8 Å². The van der Waals surface area contributed by atoms with Gasteiger partial charge in [0.05, 0.1) is 10.7 Å². The summed E-state index contributed by atoms with van der Waals surface area (Å²) in [4.78, 5) is 6.29. The molecule has 0 unspecified atom stereocenters. The van der Waals surface area contributed by atoms with Crippen LogP contribution >= 0.6 is 11.3 Å². The van der Waals surface area contributed by atoms with Gasteiger partial charge in [-0.05, 0) is 49.4 Å². The zero-order valence-electron chi connectivity index (χ0n) is 14.4. The van der Waals surface area contributed by atoms with Crippen LogP contribution in [-0.4, -0.2) is 4.98 Å². The summed E-state index contributed by atoms with van der Waals surface area (Å²) in [5.74, 6) is 2.21. The van der Waals surface area contributed by atoms with E-state index in [1.807, 2.05) is 11.3 Å². The number of thiazole rings is 1. The SMILES string of the molecule is CC(C)Cc1nc(C2CCC(C(C)(C)C)CC2)sc1CN. The Morgan fingerprint density at radius 3 is 2.29 bits per heavy atom. The van der Waals surface area contributed by atoms with Gasteiger partial charge in [0.15, 0.2) is 0 Å². The Hall–Kier alpha value is -0.410. The highest BCUT2D eigenvalue weighted by Crippen LogP contribution is 2.44. The molecule has 0 spiro atoms. The van der Waals surface area contributed by atoms with Crippen LogP contribution in [0.4, 0.5) is 0 Å². The lowest BCUT2D eigenvalue weighted by Gasteiger charge is -2.36. The first-order valence-corrected chi connectivity index (χ1v) is 9.31. The van der Waals surface area contributed by atoms with Crippen molar-refractivity contribution < 1.29 is 0 Å². The van der Waals surface area contributed by atoms with E-state index in [1.165, 1.54) is 41.3 Å². The van der Waals surface area contributed by atoms with Crippen LogP contribution in [0.5, 0.6) is 0 Å². The maximum Gasteiger partial charge on any atom is 0.0962 e. The molecule has 2 rings (SSSR count). The molecule has 0 radical (unpaired) electrons. The van der Waals surface area contributed by atoms with Crippen LogP contribution in [0.25, 0.3) is 0 Å². The molecule has 0 amide bonds. The number of aromatic nitrogens is 1. The summed E-state index contributed by atoms with van der Waals surface area (Å²) >= 11 is 1.88. The fraction of sp³-hybridized carbons (Fsp3) is 0.833. The van der Waals surface area contributed by atoms with Gasteiger partial charge in [0.1, 0.15) is 0 Å². The second-order valence-corrected chi connectivity index (χ2v) is 9.25. The Bertz CT molecular complexity index is 448. The minimum absolute atomic E-state index is 0.457. The van der Waals surface area contributed by atoms with Gasteiger partial charge in [0.25, 0.3) is 0 Å². The highest BCUT2D eigenvalue weighted by Gasteiger charge is 2.31. The van der Waals surface area contributed by atoms with Crippen molar-refractivity contribution in [2.45, 2.75) is 79.2 Å². The topological polar surface area (TPSA) is 38.9 Å². The maximum absolute atomic E-state index is 5.92. The van der Waals surface area contributed by atoms with Gasteiger partial charge in [-0.3, -0.25) is 0 Å². The molecule has 2 nitrogen and oxygen atoms in total. The predicted octanol–water partition coefficient (Wildman–Crippen LogP) is 5.12. The van der Waals surface area contributed by atoms with E-state index < -0.39 is 0 Å². The summed E-state index contributed by atoms with van der Waals surface area (Å²) in [7, 11) is 0. The molecule has 0 atom stereocenters. The third-order valence-electron chi connectivity index (χ3n) is 4.88. The van der Waals surface area contributed by atoms with E-state index in [-0.39, 0.29) is 0 Å². The molecule has 1 heterocycles. The molecule has 0 aromatic carbocycles.